The molecule has 2 aromatic carbocycles. The number of hydrogen-bond donors (Lipinski definition) is 0. The van der Waals surface area contributed by atoms with E-state index in [1.807, 2.05) is 7.11 Å². The van der Waals surface area contributed by atoms with E-state index in [1.165, 1.54) is 60.8 Å². The molecule has 4 aliphatic carbocycles. The molecule has 0 heterocycles. The Hall–Kier alpha value is -2.28. The number of allylic oxidation sites excluding steroid dienone is 4. The van der Waals surface area contributed by atoms with Crippen LogP contribution in [0.5, 0.6) is 5.75 Å². The lowest BCUT2D eigenvalue weighted by atomic mass is 9.48. The molecule has 0 aromatic heterocycles. The average Bonchev–Trinajstić information content (AvgIpc) is 2.78. The highest BCUT2D eigenvalue weighted by Gasteiger charge is 2.52. The minimum absolute atomic E-state index is 0.394. The van der Waals surface area contributed by atoms with Crippen molar-refractivity contribution in [1.82, 2.24) is 0 Å². The Morgan fingerprint density at radius 1 is 0.968 bits per heavy atom. The lowest BCUT2D eigenvalue weighted by Crippen LogP contribution is -2.48. The molecule has 0 unspecified atom stereocenters. The molecular formula is C30H36O. The van der Waals surface area contributed by atoms with Gasteiger partial charge in [-0.15, -0.1) is 0 Å². The van der Waals surface area contributed by atoms with Gasteiger partial charge in [-0.05, 0) is 104 Å². The van der Waals surface area contributed by atoms with Crippen molar-refractivity contribution in [1.29, 1.82) is 0 Å². The lowest BCUT2D eigenvalue weighted by Gasteiger charge is -2.57. The first kappa shape index (κ1) is 20.6. The van der Waals surface area contributed by atoms with E-state index in [9.17, 15) is 0 Å². The third-order valence-electron chi connectivity index (χ3n) is 8.13. The molecule has 0 N–H and O–H groups in total. The highest BCUT2D eigenvalue weighted by molar-refractivity contribution is 5.73. The summed E-state index contributed by atoms with van der Waals surface area (Å²) in [5, 5.41) is 0. The molecule has 1 heteroatoms. The molecule has 0 saturated heterocycles. The van der Waals surface area contributed by atoms with Crippen molar-refractivity contribution in [3.8, 4) is 5.75 Å². The monoisotopic (exact) mass is 412 g/mol. The topological polar surface area (TPSA) is 9.23 Å². The molecule has 0 atom stereocenters. The van der Waals surface area contributed by atoms with Crippen LogP contribution in [0, 0.1) is 17.8 Å². The lowest BCUT2D eigenvalue weighted by molar-refractivity contribution is -0.00616. The average molecular weight is 413 g/mol. The highest BCUT2D eigenvalue weighted by atomic mass is 16.5. The summed E-state index contributed by atoms with van der Waals surface area (Å²) >= 11 is 0. The van der Waals surface area contributed by atoms with Crippen molar-refractivity contribution in [2.75, 3.05) is 7.11 Å². The Bertz CT molecular complexity index is 930. The van der Waals surface area contributed by atoms with Gasteiger partial charge in [-0.3, -0.25) is 0 Å². The van der Waals surface area contributed by atoms with Crippen LogP contribution in [0.15, 0.2) is 66.8 Å². The summed E-state index contributed by atoms with van der Waals surface area (Å²) in [5.41, 5.74) is 5.88. The molecule has 4 saturated carbocycles. The Kier molecular flexibility index (Phi) is 5.78. The number of rotatable bonds is 7. The van der Waals surface area contributed by atoms with Gasteiger partial charge in [-0.2, -0.15) is 0 Å². The molecule has 162 valence electrons. The fraction of sp³-hybridized carbons (Fsp3) is 0.467. The highest BCUT2D eigenvalue weighted by Crippen LogP contribution is 2.61. The maximum Gasteiger partial charge on any atom is 0.122 e. The van der Waals surface area contributed by atoms with Gasteiger partial charge in [0.1, 0.15) is 5.75 Å². The smallest absolute Gasteiger partial charge is 0.122 e. The van der Waals surface area contributed by atoms with Gasteiger partial charge in [0, 0.05) is 5.56 Å². The second kappa shape index (κ2) is 8.69. The van der Waals surface area contributed by atoms with E-state index >= 15 is 0 Å². The van der Waals surface area contributed by atoms with Gasteiger partial charge >= 0.3 is 0 Å². The van der Waals surface area contributed by atoms with E-state index in [0.29, 0.717) is 5.41 Å². The number of aryl methyl sites for hydroxylation is 1. The minimum atomic E-state index is 0.394. The normalized spacial score (nSPS) is 29.6. The van der Waals surface area contributed by atoms with Crippen LogP contribution in [0.2, 0.25) is 0 Å². The van der Waals surface area contributed by atoms with Crippen LogP contribution in [0.25, 0.3) is 5.57 Å². The second-order valence-corrected chi connectivity index (χ2v) is 10.3. The zero-order valence-electron chi connectivity index (χ0n) is 19.1. The Labute approximate surface area is 188 Å². The third kappa shape index (κ3) is 4.12. The first-order chi connectivity index (χ1) is 15.2. The van der Waals surface area contributed by atoms with Crippen molar-refractivity contribution >= 4 is 5.57 Å². The summed E-state index contributed by atoms with van der Waals surface area (Å²) in [5.74, 6) is 4.02. The standard InChI is InChI=1S/C30H36O/c1-3-8-26(27-10-5-4-6-11-27)12-7-9-22-13-14-28(29(18-22)31-2)30-19-23-15-24(20-30)17-25(16-23)21-30/h3-6,8,10-14,18,23-25H,7,9,15-17,19-21H2,1-2H3/b8-3?,26-12-. The molecule has 0 spiro atoms. The molecule has 4 aliphatic rings. The molecule has 2 aromatic rings. The van der Waals surface area contributed by atoms with E-state index in [-0.39, 0.29) is 0 Å². The maximum atomic E-state index is 5.98. The summed E-state index contributed by atoms with van der Waals surface area (Å²) in [6, 6.07) is 17.8. The SMILES string of the molecule is CC=C/C(=C/CCc1ccc(C23CC4CC(CC(C4)C2)C3)c(OC)c1)c1ccccc1. The molecular weight excluding hydrogens is 376 g/mol. The largest absolute Gasteiger partial charge is 0.496 e. The van der Waals surface area contributed by atoms with Crippen LogP contribution in [-0.4, -0.2) is 7.11 Å². The first-order valence-corrected chi connectivity index (χ1v) is 12.2. The van der Waals surface area contributed by atoms with Gasteiger partial charge in [0.05, 0.1) is 7.11 Å². The summed E-state index contributed by atoms with van der Waals surface area (Å²) in [6.07, 6.45) is 17.4. The summed E-state index contributed by atoms with van der Waals surface area (Å²) < 4.78 is 5.98. The van der Waals surface area contributed by atoms with Gasteiger partial charge in [0.15, 0.2) is 0 Å². The molecule has 0 amide bonds. The van der Waals surface area contributed by atoms with Crippen LogP contribution in [0.4, 0.5) is 0 Å². The Morgan fingerprint density at radius 2 is 1.65 bits per heavy atom. The molecule has 0 aliphatic heterocycles. The Morgan fingerprint density at radius 3 is 2.26 bits per heavy atom. The maximum absolute atomic E-state index is 5.98. The quantitative estimate of drug-likeness (QED) is 0.422. The van der Waals surface area contributed by atoms with Crippen LogP contribution < -0.4 is 4.74 Å². The second-order valence-electron chi connectivity index (χ2n) is 10.3. The predicted octanol–water partition coefficient (Wildman–Crippen LogP) is 7.76. The van der Waals surface area contributed by atoms with Gasteiger partial charge in [-0.1, -0.05) is 60.7 Å². The fourth-order valence-corrected chi connectivity index (χ4v) is 7.26. The van der Waals surface area contributed by atoms with Gasteiger partial charge in [0.25, 0.3) is 0 Å². The van der Waals surface area contributed by atoms with Crippen molar-refractivity contribution in [3.05, 3.63) is 83.4 Å². The summed E-state index contributed by atoms with van der Waals surface area (Å²) in [4.78, 5) is 0. The van der Waals surface area contributed by atoms with E-state index < -0.39 is 0 Å². The van der Waals surface area contributed by atoms with Crippen LogP contribution >= 0.6 is 0 Å². The molecule has 31 heavy (non-hydrogen) atoms. The van der Waals surface area contributed by atoms with Crippen molar-refractivity contribution in [2.45, 2.75) is 63.7 Å². The molecule has 4 fully saturated rings. The van der Waals surface area contributed by atoms with E-state index in [1.54, 1.807) is 0 Å². The van der Waals surface area contributed by atoms with Crippen LogP contribution in [0.3, 0.4) is 0 Å². The summed E-state index contributed by atoms with van der Waals surface area (Å²) in [7, 11) is 1.86. The predicted molar refractivity (Wildman–Crippen MR) is 130 cm³/mol. The zero-order chi connectivity index (χ0) is 21.3. The third-order valence-corrected chi connectivity index (χ3v) is 8.13. The Balaban J connectivity index is 1.34. The van der Waals surface area contributed by atoms with Crippen molar-refractivity contribution in [3.63, 3.8) is 0 Å². The van der Waals surface area contributed by atoms with E-state index in [4.69, 9.17) is 4.74 Å². The van der Waals surface area contributed by atoms with Crippen LogP contribution in [0.1, 0.15) is 68.6 Å². The van der Waals surface area contributed by atoms with E-state index in [0.717, 1.165) is 36.3 Å². The van der Waals surface area contributed by atoms with Gasteiger partial charge in [-0.25, -0.2) is 0 Å². The van der Waals surface area contributed by atoms with Gasteiger partial charge < -0.3 is 4.74 Å². The van der Waals surface area contributed by atoms with Crippen LogP contribution in [-0.2, 0) is 11.8 Å². The van der Waals surface area contributed by atoms with Gasteiger partial charge in [0.2, 0.25) is 0 Å². The van der Waals surface area contributed by atoms with Crippen molar-refractivity contribution in [2.24, 2.45) is 17.8 Å². The fourth-order valence-electron chi connectivity index (χ4n) is 7.26. The molecule has 0 radical (unpaired) electrons. The number of ether oxygens (including phenoxy) is 1. The molecule has 4 bridgehead atoms. The number of benzene rings is 2. The zero-order valence-corrected chi connectivity index (χ0v) is 19.1. The van der Waals surface area contributed by atoms with Crippen molar-refractivity contribution < 1.29 is 4.74 Å². The minimum Gasteiger partial charge on any atom is -0.496 e. The first-order valence-electron chi connectivity index (χ1n) is 12.2. The molecule has 6 rings (SSSR count). The molecule has 1 nitrogen and oxygen atoms in total. The summed E-state index contributed by atoms with van der Waals surface area (Å²) in [6.45, 7) is 2.09. The van der Waals surface area contributed by atoms with E-state index in [2.05, 4.69) is 73.7 Å². The number of hydrogen-bond acceptors (Lipinski definition) is 1. The number of methoxy groups -OCH3 is 1.